The molecule has 17 nitrogen and oxygen atoms in total. The van der Waals surface area contributed by atoms with Gasteiger partial charge in [-0.3, -0.25) is 48.5 Å². The van der Waals surface area contributed by atoms with Crippen LogP contribution in [0.4, 0.5) is 0 Å². The molecule has 0 bridgehead atoms. The Morgan fingerprint density at radius 2 is 1.81 bits per heavy atom. The highest BCUT2D eigenvalue weighted by Crippen LogP contribution is 2.42. The van der Waals surface area contributed by atoms with Gasteiger partial charge in [0.1, 0.15) is 34.9 Å². The molecule has 3 aliphatic heterocycles. The van der Waals surface area contributed by atoms with E-state index in [-0.39, 0.29) is 54.9 Å². The summed E-state index contributed by atoms with van der Waals surface area (Å²) in [6.07, 6.45) is 0.709. The van der Waals surface area contributed by atoms with Gasteiger partial charge in [0, 0.05) is 35.7 Å². The van der Waals surface area contributed by atoms with E-state index in [2.05, 4.69) is 26.1 Å². The van der Waals surface area contributed by atoms with Gasteiger partial charge < -0.3 is 25.2 Å². The molecule has 4 aromatic rings. The van der Waals surface area contributed by atoms with Gasteiger partial charge in [0.25, 0.3) is 17.7 Å². The number of methoxy groups -OCH3 is 1. The number of nitrogens with one attached hydrogen (secondary N) is 3. The summed E-state index contributed by atoms with van der Waals surface area (Å²) in [6, 6.07) is 9.92. The molecular formula is C38H35ClN8O9S. The Morgan fingerprint density at radius 1 is 1.05 bits per heavy atom. The fraction of sp³-hybridized carbons (Fsp3) is 0.289. The third kappa shape index (κ3) is 7.36. The zero-order valence-corrected chi connectivity index (χ0v) is 32.3. The predicted molar refractivity (Wildman–Crippen MR) is 205 cm³/mol. The summed E-state index contributed by atoms with van der Waals surface area (Å²) in [4.78, 5) is 83.1. The average molecular weight is 815 g/mol. The van der Waals surface area contributed by atoms with Crippen molar-refractivity contribution in [3.8, 4) is 10.8 Å². The van der Waals surface area contributed by atoms with Crippen LogP contribution in [0.5, 0.6) is 5.75 Å². The standard InChI is InChI=1S/C38H35ClN8O9S/c1-18-30-32(20-7-9-21(39)10-8-20)42-23(15-29(51)55-3)34-45-44-19(2)46(34)38(30)57-33(18)36(53)41-14-13-40-28(50)17-56-26-6-4-5-22-31(26)25(16-48)47(37(22)54)24-11-12-27(49)43-35(24)52/h4-10,16,23-24,48H,11-15,17H2,1-3H3,(H,40,50)(H,41,53)(H,43,49,52)/b25-16-/t23-,24?/m0/s1. The quantitative estimate of drug-likeness (QED) is 0.0746. The number of aliphatic hydroxyl groups is 1. The first-order valence-corrected chi connectivity index (χ1v) is 18.9. The zero-order valence-electron chi connectivity index (χ0n) is 30.8. The molecule has 0 spiro atoms. The first-order valence-electron chi connectivity index (χ1n) is 17.7. The van der Waals surface area contributed by atoms with Crippen molar-refractivity contribution in [3.63, 3.8) is 0 Å². The molecule has 3 aliphatic rings. The lowest BCUT2D eigenvalue weighted by Crippen LogP contribution is -2.52. The highest BCUT2D eigenvalue weighted by molar-refractivity contribution is 7.17. The van der Waals surface area contributed by atoms with Crippen molar-refractivity contribution >= 4 is 69.9 Å². The lowest BCUT2D eigenvalue weighted by atomic mass is 9.99. The number of hydrogen-bond donors (Lipinski definition) is 4. The van der Waals surface area contributed by atoms with Crippen LogP contribution in [0.1, 0.15) is 79.2 Å². The Bertz CT molecular complexity index is 2400. The van der Waals surface area contributed by atoms with Crippen LogP contribution in [0.3, 0.4) is 0 Å². The maximum absolute atomic E-state index is 13.7. The monoisotopic (exact) mass is 814 g/mol. The molecule has 1 unspecified atom stereocenters. The zero-order chi connectivity index (χ0) is 40.5. The van der Waals surface area contributed by atoms with Crippen molar-refractivity contribution in [2.75, 3.05) is 26.8 Å². The molecule has 0 saturated carbocycles. The minimum Gasteiger partial charge on any atom is -0.513 e. The van der Waals surface area contributed by atoms with E-state index >= 15 is 0 Å². The Kier molecular flexibility index (Phi) is 10.9. The van der Waals surface area contributed by atoms with Gasteiger partial charge in [-0.05, 0) is 50.1 Å². The number of aliphatic imine (C=N–C) groups is 1. The van der Waals surface area contributed by atoms with Gasteiger partial charge in [-0.1, -0.05) is 29.8 Å². The molecule has 1 fully saturated rings. The van der Waals surface area contributed by atoms with Gasteiger partial charge in [-0.25, -0.2) is 0 Å². The normalized spacial score (nSPS) is 17.9. The number of ether oxygens (including phenoxy) is 2. The van der Waals surface area contributed by atoms with Crippen molar-refractivity contribution in [1.82, 2.24) is 35.6 Å². The van der Waals surface area contributed by atoms with Crippen LogP contribution in [-0.4, -0.2) is 98.8 Å². The number of hydrogen-bond acceptors (Lipinski definition) is 13. The molecule has 0 aliphatic carbocycles. The number of thiophene rings is 1. The number of carbonyl (C=O) groups excluding carboxylic acids is 6. The molecule has 2 aromatic heterocycles. The molecule has 57 heavy (non-hydrogen) atoms. The van der Waals surface area contributed by atoms with Crippen molar-refractivity contribution in [2.45, 2.75) is 45.2 Å². The lowest BCUT2D eigenvalue weighted by Gasteiger charge is -2.30. The van der Waals surface area contributed by atoms with E-state index in [1.165, 1.54) is 30.6 Å². The Balaban J connectivity index is 1.02. The Labute approximate surface area is 333 Å². The van der Waals surface area contributed by atoms with Crippen molar-refractivity contribution in [1.29, 1.82) is 0 Å². The maximum atomic E-state index is 13.7. The number of piperidine rings is 1. The fourth-order valence-corrected chi connectivity index (χ4v) is 8.36. The topological polar surface area (TPSA) is 224 Å². The third-order valence-electron chi connectivity index (χ3n) is 9.64. The minimum atomic E-state index is -1.02. The Morgan fingerprint density at radius 3 is 2.53 bits per heavy atom. The van der Waals surface area contributed by atoms with Gasteiger partial charge in [-0.2, -0.15) is 0 Å². The number of halogens is 1. The second-order valence-corrected chi connectivity index (χ2v) is 14.6. The van der Waals surface area contributed by atoms with E-state index in [1.54, 1.807) is 29.7 Å². The van der Waals surface area contributed by atoms with Crippen LogP contribution in [-0.2, 0) is 23.9 Å². The van der Waals surface area contributed by atoms with E-state index < -0.39 is 54.2 Å². The summed E-state index contributed by atoms with van der Waals surface area (Å²) in [6.45, 7) is 3.24. The molecule has 2 aromatic carbocycles. The lowest BCUT2D eigenvalue weighted by molar-refractivity contribution is -0.141. The summed E-state index contributed by atoms with van der Waals surface area (Å²) < 4.78 is 12.5. The van der Waals surface area contributed by atoms with Gasteiger partial charge in [0.2, 0.25) is 11.8 Å². The van der Waals surface area contributed by atoms with Gasteiger partial charge in [-0.15, -0.1) is 21.5 Å². The molecule has 294 valence electrons. The summed E-state index contributed by atoms with van der Waals surface area (Å²) >= 11 is 7.42. The van der Waals surface area contributed by atoms with Crippen LogP contribution in [0, 0.1) is 13.8 Å². The Hall–Kier alpha value is -6.40. The number of fused-ring (bicyclic) bond motifs is 4. The van der Waals surface area contributed by atoms with Crippen molar-refractivity contribution in [3.05, 3.63) is 98.1 Å². The molecule has 0 radical (unpaired) electrons. The first-order chi connectivity index (χ1) is 27.4. The highest BCUT2D eigenvalue weighted by Gasteiger charge is 2.44. The number of imide groups is 1. The van der Waals surface area contributed by atoms with Crippen LogP contribution < -0.4 is 20.7 Å². The maximum Gasteiger partial charge on any atom is 0.308 e. The smallest absolute Gasteiger partial charge is 0.308 e. The highest BCUT2D eigenvalue weighted by atomic mass is 35.5. The molecular weight excluding hydrogens is 780 g/mol. The predicted octanol–water partition coefficient (Wildman–Crippen LogP) is 3.10. The molecule has 4 N–H and O–H groups in total. The largest absolute Gasteiger partial charge is 0.513 e. The molecule has 5 amide bonds. The number of esters is 1. The van der Waals surface area contributed by atoms with Crippen molar-refractivity contribution in [2.24, 2.45) is 4.99 Å². The summed E-state index contributed by atoms with van der Waals surface area (Å²) in [5.41, 5.74) is 2.93. The van der Waals surface area contributed by atoms with Crippen LogP contribution in [0.15, 0.2) is 53.7 Å². The van der Waals surface area contributed by atoms with E-state index in [0.29, 0.717) is 55.2 Å². The fourth-order valence-electron chi connectivity index (χ4n) is 6.95. The summed E-state index contributed by atoms with van der Waals surface area (Å²) in [5.74, 6) is -1.98. The number of aryl methyl sites for hydroxylation is 1. The van der Waals surface area contributed by atoms with Gasteiger partial charge in [0.05, 0.1) is 40.9 Å². The van der Waals surface area contributed by atoms with Gasteiger partial charge in [0.15, 0.2) is 12.4 Å². The van der Waals surface area contributed by atoms with Crippen molar-refractivity contribution < 1.29 is 43.3 Å². The van der Waals surface area contributed by atoms with E-state index in [1.807, 2.05) is 19.1 Å². The number of benzene rings is 2. The summed E-state index contributed by atoms with van der Waals surface area (Å²) in [5, 5.41) is 27.7. The molecule has 7 rings (SSSR count). The second-order valence-electron chi connectivity index (χ2n) is 13.2. The molecule has 2 atom stereocenters. The SMILES string of the molecule is COC(=O)C[C@@H]1N=C(c2ccc(Cl)cc2)c2c(sc(C(=O)NCCNC(=O)COc3cccc4c3/C(=C/O)N(C3CCC(=O)NC3=O)C4=O)c2C)-n2c(C)nnc21. The van der Waals surface area contributed by atoms with E-state index in [0.717, 1.165) is 4.90 Å². The number of aliphatic hydroxyl groups excluding tert-OH is 1. The average Bonchev–Trinajstić information content (AvgIpc) is 3.81. The summed E-state index contributed by atoms with van der Waals surface area (Å²) in [7, 11) is 1.30. The van der Waals surface area contributed by atoms with Crippen LogP contribution in [0.25, 0.3) is 10.7 Å². The number of carbonyl (C=O) groups is 6. The van der Waals surface area contributed by atoms with E-state index in [9.17, 15) is 33.9 Å². The van der Waals surface area contributed by atoms with Crippen LogP contribution in [0.2, 0.25) is 5.02 Å². The van der Waals surface area contributed by atoms with Crippen LogP contribution >= 0.6 is 22.9 Å². The molecule has 19 heteroatoms. The number of nitrogens with zero attached hydrogens (tertiary/aromatic N) is 5. The molecule has 5 heterocycles. The third-order valence-corrected chi connectivity index (χ3v) is 11.2. The molecule has 1 saturated heterocycles. The number of amides is 5. The minimum absolute atomic E-state index is 0.00708. The number of aromatic nitrogens is 3. The second kappa shape index (κ2) is 16.0. The first kappa shape index (κ1) is 38.9. The van der Waals surface area contributed by atoms with Gasteiger partial charge >= 0.3 is 5.97 Å². The van der Waals surface area contributed by atoms with E-state index in [4.69, 9.17) is 26.1 Å². The number of rotatable bonds is 11.